The monoisotopic (exact) mass is 183 g/mol. The molecule has 0 saturated carbocycles. The lowest BCUT2D eigenvalue weighted by atomic mass is 10.2. The van der Waals surface area contributed by atoms with Gasteiger partial charge in [-0.05, 0) is 13.8 Å². The second-order valence-electron chi connectivity index (χ2n) is 3.14. The highest BCUT2D eigenvalue weighted by Crippen LogP contribution is 2.06. The molecule has 1 aromatic heterocycles. The maximum absolute atomic E-state index is 11.1. The summed E-state index contributed by atoms with van der Waals surface area (Å²) in [6.07, 6.45) is 0.448. The zero-order valence-corrected chi connectivity index (χ0v) is 7.66. The molecule has 1 atom stereocenters. The zero-order valence-electron chi connectivity index (χ0n) is 7.66. The van der Waals surface area contributed by atoms with Crippen molar-refractivity contribution in [3.05, 3.63) is 21.7 Å². The smallest absolute Gasteiger partial charge is 0.257 e. The molecule has 13 heavy (non-hydrogen) atoms. The van der Waals surface area contributed by atoms with Crippen molar-refractivity contribution in [3.63, 3.8) is 0 Å². The fraction of sp³-hybridized carbons (Fsp3) is 0.500. The zero-order chi connectivity index (χ0) is 10.0. The third-order valence-corrected chi connectivity index (χ3v) is 1.69. The van der Waals surface area contributed by atoms with E-state index in [4.69, 9.17) is 5.73 Å². The van der Waals surface area contributed by atoms with Gasteiger partial charge in [0.1, 0.15) is 5.82 Å². The summed E-state index contributed by atoms with van der Waals surface area (Å²) in [5, 5.41) is 9.22. The quantitative estimate of drug-likeness (QED) is 0.585. The molecule has 0 aliphatic rings. The first-order valence-electron chi connectivity index (χ1n) is 4.05. The Balaban J connectivity index is 3.06. The van der Waals surface area contributed by atoms with Crippen molar-refractivity contribution in [2.75, 3.05) is 0 Å². The van der Waals surface area contributed by atoms with Gasteiger partial charge in [-0.2, -0.15) is 0 Å². The van der Waals surface area contributed by atoms with Gasteiger partial charge in [0.25, 0.3) is 5.56 Å². The second-order valence-corrected chi connectivity index (χ2v) is 3.14. The van der Waals surface area contributed by atoms with E-state index in [0.717, 1.165) is 0 Å². The third-order valence-electron chi connectivity index (χ3n) is 1.69. The van der Waals surface area contributed by atoms with E-state index in [-0.39, 0.29) is 23.0 Å². The SMILES string of the molecule is Cc1c(O)nc(CC(C)N)[nH]c1=O. The Morgan fingerprint density at radius 3 is 2.77 bits per heavy atom. The number of rotatable bonds is 2. The Labute approximate surface area is 75.6 Å². The third kappa shape index (κ3) is 2.29. The van der Waals surface area contributed by atoms with Crippen molar-refractivity contribution in [2.24, 2.45) is 5.73 Å². The summed E-state index contributed by atoms with van der Waals surface area (Å²) in [5.74, 6) is 0.197. The van der Waals surface area contributed by atoms with E-state index in [1.807, 2.05) is 0 Å². The van der Waals surface area contributed by atoms with Crippen molar-refractivity contribution in [1.82, 2.24) is 9.97 Å². The van der Waals surface area contributed by atoms with E-state index in [2.05, 4.69) is 9.97 Å². The molecule has 0 fully saturated rings. The predicted molar refractivity (Wildman–Crippen MR) is 48.6 cm³/mol. The summed E-state index contributed by atoms with van der Waals surface area (Å²) in [5.41, 5.74) is 5.43. The summed E-state index contributed by atoms with van der Waals surface area (Å²) >= 11 is 0. The molecular formula is C8H13N3O2. The number of aromatic nitrogens is 2. The number of nitrogens with one attached hydrogen (secondary N) is 1. The number of hydrogen-bond donors (Lipinski definition) is 3. The van der Waals surface area contributed by atoms with Gasteiger partial charge in [0, 0.05) is 12.5 Å². The van der Waals surface area contributed by atoms with E-state index < -0.39 is 0 Å². The number of H-pyrrole nitrogens is 1. The van der Waals surface area contributed by atoms with Crippen LogP contribution in [0, 0.1) is 6.92 Å². The van der Waals surface area contributed by atoms with Gasteiger partial charge >= 0.3 is 0 Å². The summed E-state index contributed by atoms with van der Waals surface area (Å²) in [6.45, 7) is 3.31. The normalized spacial score (nSPS) is 12.8. The molecule has 0 aromatic carbocycles. The van der Waals surface area contributed by atoms with Gasteiger partial charge in [-0.15, -0.1) is 0 Å². The number of hydrogen-bond acceptors (Lipinski definition) is 4. The highest BCUT2D eigenvalue weighted by atomic mass is 16.3. The van der Waals surface area contributed by atoms with E-state index in [1.54, 1.807) is 6.92 Å². The molecule has 1 heterocycles. The van der Waals surface area contributed by atoms with Gasteiger partial charge in [-0.1, -0.05) is 0 Å². The molecule has 0 radical (unpaired) electrons. The van der Waals surface area contributed by atoms with Crippen LogP contribution in [-0.4, -0.2) is 21.1 Å². The number of nitrogens with zero attached hydrogens (tertiary/aromatic N) is 1. The fourth-order valence-electron chi connectivity index (χ4n) is 0.968. The van der Waals surface area contributed by atoms with Crippen LogP contribution < -0.4 is 11.3 Å². The van der Waals surface area contributed by atoms with Crippen LogP contribution in [0.5, 0.6) is 5.88 Å². The summed E-state index contributed by atoms with van der Waals surface area (Å²) in [7, 11) is 0. The Morgan fingerprint density at radius 1 is 1.69 bits per heavy atom. The molecule has 0 amide bonds. The summed E-state index contributed by atoms with van der Waals surface area (Å²) < 4.78 is 0. The highest BCUT2D eigenvalue weighted by molar-refractivity contribution is 5.20. The van der Waals surface area contributed by atoms with Gasteiger partial charge in [0.2, 0.25) is 5.88 Å². The van der Waals surface area contributed by atoms with Crippen LogP contribution in [0.15, 0.2) is 4.79 Å². The van der Waals surface area contributed by atoms with Crippen LogP contribution in [0.3, 0.4) is 0 Å². The van der Waals surface area contributed by atoms with Gasteiger partial charge in [-0.3, -0.25) is 4.79 Å². The van der Waals surface area contributed by atoms with Crippen molar-refractivity contribution in [1.29, 1.82) is 0 Å². The molecular weight excluding hydrogens is 170 g/mol. The minimum atomic E-state index is -0.317. The molecule has 0 saturated heterocycles. The second kappa shape index (κ2) is 3.57. The minimum Gasteiger partial charge on any atom is -0.493 e. The van der Waals surface area contributed by atoms with Crippen LogP contribution in [0.1, 0.15) is 18.3 Å². The first-order valence-corrected chi connectivity index (χ1v) is 4.05. The topological polar surface area (TPSA) is 92.0 Å². The Morgan fingerprint density at radius 2 is 2.31 bits per heavy atom. The minimum absolute atomic E-state index is 0.0924. The lowest BCUT2D eigenvalue weighted by molar-refractivity contribution is 0.441. The number of aromatic hydroxyl groups is 1. The maximum atomic E-state index is 11.1. The molecule has 0 bridgehead atoms. The van der Waals surface area contributed by atoms with Crippen LogP contribution in [-0.2, 0) is 6.42 Å². The Kier molecular flexibility index (Phi) is 2.67. The molecule has 4 N–H and O–H groups in total. The molecule has 0 spiro atoms. The summed E-state index contributed by atoms with van der Waals surface area (Å²) in [6, 6.07) is -0.0924. The number of nitrogens with two attached hydrogens (primary N) is 1. The highest BCUT2D eigenvalue weighted by Gasteiger charge is 2.06. The van der Waals surface area contributed by atoms with Crippen molar-refractivity contribution in [2.45, 2.75) is 26.3 Å². The number of aromatic amines is 1. The lowest BCUT2D eigenvalue weighted by Gasteiger charge is -2.05. The molecule has 0 aliphatic carbocycles. The van der Waals surface area contributed by atoms with Gasteiger partial charge < -0.3 is 15.8 Å². The van der Waals surface area contributed by atoms with Crippen molar-refractivity contribution >= 4 is 0 Å². The Hall–Kier alpha value is -1.36. The van der Waals surface area contributed by atoms with E-state index in [1.165, 1.54) is 6.92 Å². The van der Waals surface area contributed by atoms with Crippen LogP contribution in [0.4, 0.5) is 0 Å². The van der Waals surface area contributed by atoms with E-state index in [9.17, 15) is 9.90 Å². The van der Waals surface area contributed by atoms with Gasteiger partial charge in [0.05, 0.1) is 5.56 Å². The van der Waals surface area contributed by atoms with Crippen LogP contribution in [0.25, 0.3) is 0 Å². The molecule has 0 aliphatic heterocycles. The average molecular weight is 183 g/mol. The van der Waals surface area contributed by atoms with E-state index >= 15 is 0 Å². The summed E-state index contributed by atoms with van der Waals surface area (Å²) in [4.78, 5) is 17.5. The molecule has 1 aromatic rings. The standard InChI is InChI=1S/C8H13N3O2/c1-4(9)3-6-10-7(12)5(2)8(13)11-6/h4H,3,9H2,1-2H3,(H2,10,11,12,13). The molecule has 5 nitrogen and oxygen atoms in total. The Bertz CT molecular complexity index is 357. The van der Waals surface area contributed by atoms with Crippen molar-refractivity contribution in [3.8, 4) is 5.88 Å². The fourth-order valence-corrected chi connectivity index (χ4v) is 0.968. The largest absolute Gasteiger partial charge is 0.493 e. The molecule has 72 valence electrons. The van der Waals surface area contributed by atoms with E-state index in [0.29, 0.717) is 12.2 Å². The molecule has 1 rings (SSSR count). The van der Waals surface area contributed by atoms with Crippen LogP contribution >= 0.6 is 0 Å². The first kappa shape index (κ1) is 9.73. The first-order chi connectivity index (χ1) is 6.00. The maximum Gasteiger partial charge on any atom is 0.257 e. The lowest BCUT2D eigenvalue weighted by Crippen LogP contribution is -2.22. The van der Waals surface area contributed by atoms with Crippen molar-refractivity contribution < 1.29 is 5.11 Å². The average Bonchev–Trinajstić information content (AvgIpc) is 1.98. The van der Waals surface area contributed by atoms with Gasteiger partial charge in [0.15, 0.2) is 0 Å². The molecule has 5 heteroatoms. The van der Waals surface area contributed by atoms with Gasteiger partial charge in [-0.25, -0.2) is 4.98 Å². The predicted octanol–water partition coefficient (Wildman–Crippen LogP) is -0.326. The van der Waals surface area contributed by atoms with Crippen LogP contribution in [0.2, 0.25) is 0 Å². The molecule has 1 unspecified atom stereocenters.